The quantitative estimate of drug-likeness (QED) is 0.396. The molecule has 0 amide bonds. The molecule has 7 nitrogen and oxygen atoms in total. The van der Waals surface area contributed by atoms with Gasteiger partial charge >= 0.3 is 17.9 Å². The number of carbonyl (C=O) groups excluding carboxylic acids is 2. The molecule has 2 N–H and O–H groups in total. The van der Waals surface area contributed by atoms with Gasteiger partial charge in [-0.25, -0.2) is 14.4 Å². The zero-order chi connectivity index (χ0) is 17.8. The summed E-state index contributed by atoms with van der Waals surface area (Å²) in [6.07, 6.45) is 5.04. The molecule has 0 aromatic rings. The number of carboxylic acids is 1. The summed E-state index contributed by atoms with van der Waals surface area (Å²) in [4.78, 5) is 29.7. The van der Waals surface area contributed by atoms with Crippen LogP contribution in [0, 0.1) is 0 Å². The molecule has 0 saturated carbocycles. The van der Waals surface area contributed by atoms with Crippen LogP contribution in [0.1, 0.15) is 19.8 Å². The van der Waals surface area contributed by atoms with E-state index in [9.17, 15) is 14.4 Å². The van der Waals surface area contributed by atoms with Gasteiger partial charge in [-0.15, -0.1) is 0 Å². The number of hydrogen-bond donors (Lipinski definition) is 2. The van der Waals surface area contributed by atoms with Crippen molar-refractivity contribution in [3.63, 3.8) is 0 Å². The summed E-state index contributed by atoms with van der Waals surface area (Å²) < 4.78 is 9.01. The van der Waals surface area contributed by atoms with E-state index in [-0.39, 0.29) is 19.2 Å². The van der Waals surface area contributed by atoms with E-state index in [0.29, 0.717) is 6.61 Å². The Hall–Kier alpha value is -2.41. The van der Waals surface area contributed by atoms with Gasteiger partial charge < -0.3 is 19.7 Å². The highest BCUT2D eigenvalue weighted by Crippen LogP contribution is 1.88. The zero-order valence-corrected chi connectivity index (χ0v) is 12.8. The fourth-order valence-corrected chi connectivity index (χ4v) is 0.581. The van der Waals surface area contributed by atoms with Crippen molar-refractivity contribution in [3.8, 4) is 0 Å². The van der Waals surface area contributed by atoms with Gasteiger partial charge in [0.15, 0.2) is 0 Å². The van der Waals surface area contributed by atoms with Gasteiger partial charge in [0.2, 0.25) is 0 Å². The second kappa shape index (κ2) is 20.9. The molecule has 22 heavy (non-hydrogen) atoms. The summed E-state index contributed by atoms with van der Waals surface area (Å²) in [7, 11) is 0. The average Bonchev–Trinajstić information content (AvgIpc) is 2.53. The summed E-state index contributed by atoms with van der Waals surface area (Å²) in [6, 6.07) is 0. The summed E-state index contributed by atoms with van der Waals surface area (Å²) in [6.45, 7) is 11.8. The van der Waals surface area contributed by atoms with Crippen LogP contribution in [0.25, 0.3) is 0 Å². The Morgan fingerprint density at radius 3 is 1.64 bits per heavy atom. The van der Waals surface area contributed by atoms with Crippen molar-refractivity contribution in [2.75, 3.05) is 19.8 Å². The second-order valence-electron chi connectivity index (χ2n) is 3.36. The Morgan fingerprint density at radius 2 is 1.36 bits per heavy atom. The minimum atomic E-state index is -0.981. The lowest BCUT2D eigenvalue weighted by Gasteiger charge is -1.97. The van der Waals surface area contributed by atoms with Crippen LogP contribution in [-0.4, -0.2) is 47.9 Å². The number of aliphatic hydroxyl groups excluding tert-OH is 1. The van der Waals surface area contributed by atoms with E-state index in [2.05, 4.69) is 29.2 Å². The molecule has 0 radical (unpaired) electrons. The predicted octanol–water partition coefficient (Wildman–Crippen LogP) is 1.48. The number of hydrogen-bond acceptors (Lipinski definition) is 6. The van der Waals surface area contributed by atoms with Crippen molar-refractivity contribution in [2.45, 2.75) is 19.8 Å². The van der Waals surface area contributed by atoms with Gasteiger partial charge in [0, 0.05) is 18.2 Å². The van der Waals surface area contributed by atoms with Crippen LogP contribution in [0.15, 0.2) is 38.0 Å². The van der Waals surface area contributed by atoms with Crippen molar-refractivity contribution in [3.05, 3.63) is 38.0 Å². The van der Waals surface area contributed by atoms with Gasteiger partial charge in [-0.1, -0.05) is 33.1 Å². The van der Waals surface area contributed by atoms with Crippen molar-refractivity contribution in [1.82, 2.24) is 0 Å². The molecule has 0 aromatic heterocycles. The molecule has 0 unspecified atom stereocenters. The standard InChI is InChI=1S/C7H12O2.C5H8O3.C3H4O2/c1-3-5-6-9-7(8)4-2;1-2-5(7)8-4-3-6;1-2-3(4)5/h4H,2-3,5-6H2,1H3;2,6H,1,3-4H2;2H,1H2,(H,4,5). The van der Waals surface area contributed by atoms with Gasteiger partial charge in [0.25, 0.3) is 0 Å². The van der Waals surface area contributed by atoms with E-state index in [0.717, 1.165) is 25.0 Å². The minimum Gasteiger partial charge on any atom is -0.478 e. The minimum absolute atomic E-state index is 0.0465. The summed E-state index contributed by atoms with van der Waals surface area (Å²) in [5, 5.41) is 15.7. The van der Waals surface area contributed by atoms with E-state index in [4.69, 9.17) is 10.2 Å². The number of carboxylic acid groups (broad SMARTS) is 1. The lowest BCUT2D eigenvalue weighted by atomic mass is 10.4. The molecule has 0 aliphatic heterocycles. The number of aliphatic carboxylic acids is 1. The normalized spacial score (nSPS) is 7.91. The molecule has 126 valence electrons. The van der Waals surface area contributed by atoms with Gasteiger partial charge in [-0.3, -0.25) is 0 Å². The highest BCUT2D eigenvalue weighted by atomic mass is 16.5. The predicted molar refractivity (Wildman–Crippen MR) is 82.1 cm³/mol. The SMILES string of the molecule is C=CC(=O)O.C=CC(=O)OCCCC.C=CC(=O)OCCO. The van der Waals surface area contributed by atoms with Gasteiger partial charge in [-0.05, 0) is 6.42 Å². The largest absolute Gasteiger partial charge is 0.478 e. The summed E-state index contributed by atoms with van der Waals surface area (Å²) in [5.74, 6) is -1.81. The first-order valence-electron chi connectivity index (χ1n) is 6.44. The topological polar surface area (TPSA) is 110 Å². The molecule has 0 fully saturated rings. The Labute approximate surface area is 130 Å². The molecule has 0 bridgehead atoms. The molecule has 0 aliphatic carbocycles. The fourth-order valence-electron chi connectivity index (χ4n) is 0.581. The van der Waals surface area contributed by atoms with E-state index >= 15 is 0 Å². The third kappa shape index (κ3) is 30.5. The van der Waals surface area contributed by atoms with Crippen LogP contribution in [0.4, 0.5) is 0 Å². The number of unbranched alkanes of at least 4 members (excludes halogenated alkanes) is 1. The Bertz CT molecular complexity index is 348. The van der Waals surface area contributed by atoms with Gasteiger partial charge in [-0.2, -0.15) is 0 Å². The number of rotatable bonds is 8. The Morgan fingerprint density at radius 1 is 0.955 bits per heavy atom. The van der Waals surface area contributed by atoms with Crippen LogP contribution < -0.4 is 0 Å². The molecule has 0 saturated heterocycles. The first-order valence-corrected chi connectivity index (χ1v) is 6.44. The van der Waals surface area contributed by atoms with Gasteiger partial charge in [0.05, 0.1) is 13.2 Å². The van der Waals surface area contributed by atoms with Crippen LogP contribution in [0.3, 0.4) is 0 Å². The first-order chi connectivity index (χ1) is 10.4. The highest BCUT2D eigenvalue weighted by Gasteiger charge is 1.91. The average molecular weight is 316 g/mol. The number of esters is 2. The third-order valence-corrected chi connectivity index (χ3v) is 1.59. The van der Waals surface area contributed by atoms with Crippen molar-refractivity contribution >= 4 is 17.9 Å². The lowest BCUT2D eigenvalue weighted by molar-refractivity contribution is -0.139. The maximum atomic E-state index is 10.3. The monoisotopic (exact) mass is 316 g/mol. The molecular weight excluding hydrogens is 292 g/mol. The van der Waals surface area contributed by atoms with Crippen molar-refractivity contribution in [1.29, 1.82) is 0 Å². The summed E-state index contributed by atoms with van der Waals surface area (Å²) >= 11 is 0. The molecule has 0 aromatic carbocycles. The summed E-state index contributed by atoms with van der Waals surface area (Å²) in [5.41, 5.74) is 0. The third-order valence-electron chi connectivity index (χ3n) is 1.59. The lowest BCUT2D eigenvalue weighted by Crippen LogP contribution is -2.04. The zero-order valence-electron chi connectivity index (χ0n) is 12.8. The molecule has 0 rings (SSSR count). The van der Waals surface area contributed by atoms with Crippen molar-refractivity contribution in [2.24, 2.45) is 0 Å². The van der Waals surface area contributed by atoms with E-state index in [1.165, 1.54) is 6.08 Å². The fraction of sp³-hybridized carbons (Fsp3) is 0.400. The second-order valence-corrected chi connectivity index (χ2v) is 3.36. The Balaban J connectivity index is -0.000000257. The number of ether oxygens (including phenoxy) is 2. The molecule has 0 heterocycles. The maximum Gasteiger partial charge on any atom is 0.330 e. The van der Waals surface area contributed by atoms with Crippen LogP contribution in [0.5, 0.6) is 0 Å². The molecule has 7 heteroatoms. The van der Waals surface area contributed by atoms with E-state index in [1.807, 2.05) is 6.92 Å². The molecule has 0 aliphatic rings. The van der Waals surface area contributed by atoms with E-state index in [1.54, 1.807) is 0 Å². The number of carbonyl (C=O) groups is 3. The molecular formula is C15H24O7. The van der Waals surface area contributed by atoms with Crippen LogP contribution in [-0.2, 0) is 23.9 Å². The Kier molecular flexibility index (Phi) is 23.4. The van der Waals surface area contributed by atoms with Crippen LogP contribution in [0.2, 0.25) is 0 Å². The number of aliphatic hydroxyl groups is 1. The first kappa shape index (κ1) is 24.6. The maximum absolute atomic E-state index is 10.3. The molecule has 0 atom stereocenters. The molecule has 0 spiro atoms. The van der Waals surface area contributed by atoms with Crippen LogP contribution >= 0.6 is 0 Å². The van der Waals surface area contributed by atoms with Gasteiger partial charge in [0.1, 0.15) is 6.61 Å². The van der Waals surface area contributed by atoms with Crippen molar-refractivity contribution < 1.29 is 34.1 Å². The smallest absolute Gasteiger partial charge is 0.330 e. The van der Waals surface area contributed by atoms with E-state index < -0.39 is 11.9 Å². The highest BCUT2D eigenvalue weighted by molar-refractivity contribution is 5.81.